The van der Waals surface area contributed by atoms with E-state index in [0.29, 0.717) is 33.6 Å². The van der Waals surface area contributed by atoms with E-state index in [2.05, 4.69) is 24.5 Å². The maximum atomic E-state index is 12.7. The third-order valence-electron chi connectivity index (χ3n) is 3.95. The van der Waals surface area contributed by atoms with Crippen LogP contribution in [0.4, 0.5) is 5.69 Å². The molecule has 1 unspecified atom stereocenters. The fraction of sp³-hybridized carbons (Fsp3) is 0.368. The molecule has 7 heteroatoms. The quantitative estimate of drug-likeness (QED) is 0.660. The third kappa shape index (κ3) is 5.30. The SMILES string of the molecule is CC(C)CC(C)(CN)NC(=O)c1ccc(Cl)c(NC(=O)c2cccs2)c1. The van der Waals surface area contributed by atoms with E-state index in [1.807, 2.05) is 12.3 Å². The Bertz CT molecular complexity index is 777. The first-order valence-corrected chi connectivity index (χ1v) is 9.67. The van der Waals surface area contributed by atoms with Gasteiger partial charge in [-0.3, -0.25) is 9.59 Å². The van der Waals surface area contributed by atoms with Crippen LogP contribution in [0, 0.1) is 5.92 Å². The molecule has 0 radical (unpaired) electrons. The minimum atomic E-state index is -0.495. The van der Waals surface area contributed by atoms with Crippen molar-refractivity contribution < 1.29 is 9.59 Å². The molecule has 26 heavy (non-hydrogen) atoms. The number of benzene rings is 1. The topological polar surface area (TPSA) is 84.2 Å². The normalized spacial score (nSPS) is 13.3. The number of anilines is 1. The second-order valence-electron chi connectivity index (χ2n) is 6.94. The number of nitrogens with one attached hydrogen (secondary N) is 2. The van der Waals surface area contributed by atoms with E-state index < -0.39 is 5.54 Å². The van der Waals surface area contributed by atoms with E-state index in [-0.39, 0.29) is 11.8 Å². The fourth-order valence-corrected chi connectivity index (χ4v) is 3.57. The van der Waals surface area contributed by atoms with E-state index in [4.69, 9.17) is 17.3 Å². The summed E-state index contributed by atoms with van der Waals surface area (Å²) in [6.07, 6.45) is 0.769. The molecule has 1 aromatic heterocycles. The first kappa shape index (κ1) is 20.4. The predicted molar refractivity (Wildman–Crippen MR) is 108 cm³/mol. The van der Waals surface area contributed by atoms with Gasteiger partial charge in [0.2, 0.25) is 0 Å². The molecule has 140 valence electrons. The van der Waals surface area contributed by atoms with Crippen molar-refractivity contribution in [3.05, 3.63) is 51.2 Å². The zero-order valence-electron chi connectivity index (χ0n) is 15.1. The number of hydrogen-bond donors (Lipinski definition) is 3. The van der Waals surface area contributed by atoms with Gasteiger partial charge in [0.15, 0.2) is 0 Å². The number of hydrogen-bond acceptors (Lipinski definition) is 4. The summed E-state index contributed by atoms with van der Waals surface area (Å²) in [6, 6.07) is 8.33. The van der Waals surface area contributed by atoms with E-state index in [9.17, 15) is 9.59 Å². The fourth-order valence-electron chi connectivity index (χ4n) is 2.79. The Morgan fingerprint density at radius 2 is 2.00 bits per heavy atom. The average Bonchev–Trinajstić information content (AvgIpc) is 3.10. The van der Waals surface area contributed by atoms with E-state index >= 15 is 0 Å². The van der Waals surface area contributed by atoms with Crippen LogP contribution in [-0.4, -0.2) is 23.9 Å². The number of rotatable bonds is 7. The smallest absolute Gasteiger partial charge is 0.265 e. The van der Waals surface area contributed by atoms with Crippen LogP contribution in [-0.2, 0) is 0 Å². The van der Waals surface area contributed by atoms with Crippen molar-refractivity contribution in [2.75, 3.05) is 11.9 Å². The molecule has 0 bridgehead atoms. The molecule has 2 rings (SSSR count). The molecule has 1 aromatic carbocycles. The van der Waals surface area contributed by atoms with Gasteiger partial charge >= 0.3 is 0 Å². The van der Waals surface area contributed by atoms with Gasteiger partial charge in [-0.15, -0.1) is 11.3 Å². The van der Waals surface area contributed by atoms with Crippen molar-refractivity contribution in [3.8, 4) is 0 Å². The summed E-state index contributed by atoms with van der Waals surface area (Å²) >= 11 is 7.51. The first-order chi connectivity index (χ1) is 12.2. The maximum absolute atomic E-state index is 12.7. The lowest BCUT2D eigenvalue weighted by molar-refractivity contribution is 0.0897. The second-order valence-corrected chi connectivity index (χ2v) is 8.30. The highest BCUT2D eigenvalue weighted by Gasteiger charge is 2.26. The van der Waals surface area contributed by atoms with Gasteiger partial charge in [-0.05, 0) is 48.9 Å². The van der Waals surface area contributed by atoms with Crippen LogP contribution in [0.3, 0.4) is 0 Å². The predicted octanol–water partition coefficient (Wildman–Crippen LogP) is 4.15. The zero-order chi connectivity index (χ0) is 19.3. The molecule has 2 aromatic rings. The lowest BCUT2D eigenvalue weighted by atomic mass is 9.90. The lowest BCUT2D eigenvalue weighted by Crippen LogP contribution is -2.52. The molecule has 1 atom stereocenters. The maximum Gasteiger partial charge on any atom is 0.265 e. The van der Waals surface area contributed by atoms with Crippen LogP contribution in [0.25, 0.3) is 0 Å². The highest BCUT2D eigenvalue weighted by molar-refractivity contribution is 7.12. The van der Waals surface area contributed by atoms with Crippen molar-refractivity contribution in [2.45, 2.75) is 32.7 Å². The molecule has 0 saturated carbocycles. The van der Waals surface area contributed by atoms with E-state index in [0.717, 1.165) is 6.42 Å². The summed E-state index contributed by atoms with van der Waals surface area (Å²) in [5.41, 5.74) is 6.18. The van der Waals surface area contributed by atoms with E-state index in [1.165, 1.54) is 11.3 Å². The summed E-state index contributed by atoms with van der Waals surface area (Å²) in [6.45, 7) is 6.44. The molecule has 1 heterocycles. The Kier molecular flexibility index (Phi) is 6.81. The van der Waals surface area contributed by atoms with Crippen LogP contribution < -0.4 is 16.4 Å². The molecule has 2 amide bonds. The van der Waals surface area contributed by atoms with Crippen molar-refractivity contribution >= 4 is 40.4 Å². The van der Waals surface area contributed by atoms with E-state index in [1.54, 1.807) is 30.3 Å². The number of halogens is 1. The summed E-state index contributed by atoms with van der Waals surface area (Å²) in [5, 5.41) is 7.95. The molecular weight excluding hydrogens is 370 g/mol. The molecule has 5 nitrogen and oxygen atoms in total. The van der Waals surface area contributed by atoms with Crippen molar-refractivity contribution in [3.63, 3.8) is 0 Å². The van der Waals surface area contributed by atoms with Crippen molar-refractivity contribution in [1.29, 1.82) is 0 Å². The standard InChI is InChI=1S/C19H24ClN3O2S/c1-12(2)10-19(3,11-21)23-17(24)13-6-7-14(20)15(9-13)22-18(25)16-5-4-8-26-16/h4-9,12H,10-11,21H2,1-3H3,(H,22,25)(H,23,24). The second kappa shape index (κ2) is 8.66. The summed E-state index contributed by atoms with van der Waals surface area (Å²) < 4.78 is 0. The Morgan fingerprint density at radius 1 is 1.27 bits per heavy atom. The number of carbonyl (C=O) groups is 2. The minimum absolute atomic E-state index is 0.248. The Balaban J connectivity index is 2.17. The number of thiophene rings is 1. The molecular formula is C19H24ClN3O2S. The van der Waals surface area contributed by atoms with Crippen LogP contribution in [0.1, 0.15) is 47.2 Å². The van der Waals surface area contributed by atoms with Gasteiger partial charge in [0.25, 0.3) is 11.8 Å². The molecule has 0 aliphatic carbocycles. The third-order valence-corrected chi connectivity index (χ3v) is 5.14. The first-order valence-electron chi connectivity index (χ1n) is 8.41. The molecule has 0 fully saturated rings. The Hall–Kier alpha value is -1.89. The highest BCUT2D eigenvalue weighted by Crippen LogP contribution is 2.25. The minimum Gasteiger partial charge on any atom is -0.346 e. The highest BCUT2D eigenvalue weighted by atomic mass is 35.5. The van der Waals surface area contributed by atoms with Crippen molar-refractivity contribution in [1.82, 2.24) is 5.32 Å². The Morgan fingerprint density at radius 3 is 2.58 bits per heavy atom. The molecule has 0 aliphatic rings. The zero-order valence-corrected chi connectivity index (χ0v) is 16.7. The largest absolute Gasteiger partial charge is 0.346 e. The van der Waals surface area contributed by atoms with Gasteiger partial charge in [-0.25, -0.2) is 0 Å². The number of carbonyl (C=O) groups excluding carboxylic acids is 2. The summed E-state index contributed by atoms with van der Waals surface area (Å²) in [7, 11) is 0. The van der Waals surface area contributed by atoms with Gasteiger partial charge in [0, 0.05) is 17.6 Å². The molecule has 0 spiro atoms. The van der Waals surface area contributed by atoms with Crippen LogP contribution in [0.5, 0.6) is 0 Å². The molecule has 0 saturated heterocycles. The van der Waals surface area contributed by atoms with Crippen LogP contribution in [0.15, 0.2) is 35.7 Å². The average molecular weight is 394 g/mol. The van der Waals surface area contributed by atoms with Gasteiger partial charge in [0.1, 0.15) is 0 Å². The monoisotopic (exact) mass is 393 g/mol. The van der Waals surface area contributed by atoms with Crippen LogP contribution in [0.2, 0.25) is 5.02 Å². The van der Waals surface area contributed by atoms with Gasteiger partial charge in [-0.2, -0.15) is 0 Å². The van der Waals surface area contributed by atoms with Gasteiger partial charge < -0.3 is 16.4 Å². The van der Waals surface area contributed by atoms with Crippen LogP contribution >= 0.6 is 22.9 Å². The lowest BCUT2D eigenvalue weighted by Gasteiger charge is -2.31. The Labute approximate surface area is 162 Å². The molecule has 4 N–H and O–H groups in total. The molecule has 0 aliphatic heterocycles. The summed E-state index contributed by atoms with van der Waals surface area (Å²) in [4.78, 5) is 25.5. The van der Waals surface area contributed by atoms with Crippen molar-refractivity contribution in [2.24, 2.45) is 11.7 Å². The number of amides is 2. The number of nitrogens with two attached hydrogens (primary N) is 1. The van der Waals surface area contributed by atoms with Gasteiger partial charge in [0.05, 0.1) is 15.6 Å². The summed E-state index contributed by atoms with van der Waals surface area (Å²) in [5.74, 6) is -0.109. The van der Waals surface area contributed by atoms with Gasteiger partial charge in [-0.1, -0.05) is 31.5 Å².